The second-order valence-electron chi connectivity index (χ2n) is 6.24. The molecule has 2 aromatic rings. The van der Waals surface area contributed by atoms with Crippen LogP contribution < -0.4 is 19.7 Å². The second-order valence-corrected chi connectivity index (χ2v) is 7.92. The van der Waals surface area contributed by atoms with Gasteiger partial charge in [0.1, 0.15) is 5.75 Å². The molecule has 3 rings (SSSR count). The van der Waals surface area contributed by atoms with Gasteiger partial charge in [-0.05, 0) is 48.9 Å². The molecule has 28 heavy (non-hydrogen) atoms. The molecule has 0 bridgehead atoms. The summed E-state index contributed by atoms with van der Waals surface area (Å²) >= 11 is 0. The minimum absolute atomic E-state index is 0.0319. The first kappa shape index (κ1) is 19.7. The first-order valence-electron chi connectivity index (χ1n) is 8.69. The maximum Gasteiger partial charge on any atom is 0.262 e. The molecule has 0 saturated carbocycles. The van der Waals surface area contributed by atoms with E-state index in [2.05, 4.69) is 10.0 Å². The van der Waals surface area contributed by atoms with Crippen molar-refractivity contribution in [3.63, 3.8) is 0 Å². The number of methoxy groups -OCH3 is 1. The highest BCUT2D eigenvalue weighted by Crippen LogP contribution is 2.29. The van der Waals surface area contributed by atoms with Gasteiger partial charge in [-0.3, -0.25) is 14.3 Å². The average molecular weight is 403 g/mol. The normalized spacial score (nSPS) is 14.1. The van der Waals surface area contributed by atoms with Gasteiger partial charge in [0.2, 0.25) is 5.91 Å². The molecule has 0 unspecified atom stereocenters. The predicted molar refractivity (Wildman–Crippen MR) is 105 cm³/mol. The Kier molecular flexibility index (Phi) is 5.55. The maximum atomic E-state index is 12.8. The highest BCUT2D eigenvalue weighted by atomic mass is 32.2. The number of amides is 2. The molecule has 1 fully saturated rings. The van der Waals surface area contributed by atoms with Gasteiger partial charge in [-0.2, -0.15) is 0 Å². The van der Waals surface area contributed by atoms with E-state index in [4.69, 9.17) is 4.74 Å². The molecular weight excluding hydrogens is 382 g/mol. The molecule has 9 heteroatoms. The fraction of sp³-hybridized carbons (Fsp3) is 0.263. The topological polar surface area (TPSA) is 105 Å². The summed E-state index contributed by atoms with van der Waals surface area (Å²) in [5.74, 6) is -0.0252. The predicted octanol–water partition coefficient (Wildman–Crippen LogP) is 1.98. The van der Waals surface area contributed by atoms with Crippen molar-refractivity contribution in [1.29, 1.82) is 0 Å². The van der Waals surface area contributed by atoms with Crippen molar-refractivity contribution in [2.75, 3.05) is 30.3 Å². The Labute approximate surface area is 163 Å². The molecule has 2 N–H and O–H groups in total. The fourth-order valence-corrected chi connectivity index (χ4v) is 4.06. The van der Waals surface area contributed by atoms with Crippen LogP contribution in [0.25, 0.3) is 0 Å². The van der Waals surface area contributed by atoms with Gasteiger partial charge >= 0.3 is 0 Å². The lowest BCUT2D eigenvalue weighted by Gasteiger charge is -2.16. The van der Waals surface area contributed by atoms with Crippen molar-refractivity contribution in [3.05, 3.63) is 48.0 Å². The van der Waals surface area contributed by atoms with Gasteiger partial charge < -0.3 is 15.0 Å². The zero-order valence-electron chi connectivity index (χ0n) is 15.6. The Hall–Kier alpha value is -3.07. The van der Waals surface area contributed by atoms with Crippen molar-refractivity contribution in [1.82, 2.24) is 5.32 Å². The van der Waals surface area contributed by atoms with Crippen LogP contribution in [0.1, 0.15) is 23.2 Å². The number of rotatable bonds is 6. The number of nitrogens with one attached hydrogen (secondary N) is 2. The first-order valence-corrected chi connectivity index (χ1v) is 10.2. The van der Waals surface area contributed by atoms with E-state index in [0.29, 0.717) is 24.2 Å². The van der Waals surface area contributed by atoms with Crippen LogP contribution in [0.3, 0.4) is 0 Å². The third-order valence-electron chi connectivity index (χ3n) is 4.47. The molecule has 0 radical (unpaired) electrons. The van der Waals surface area contributed by atoms with Crippen LogP contribution in [0, 0.1) is 0 Å². The van der Waals surface area contributed by atoms with E-state index in [1.807, 2.05) is 0 Å². The standard InChI is InChI=1S/C19H21N3O5S/c1-20-19(24)13-5-10-17(27-2)16(12-13)21-28(25,26)15-8-6-14(7-9-15)22-11-3-4-18(22)23/h5-10,12,21H,3-4,11H2,1-2H3,(H,20,24). The highest BCUT2D eigenvalue weighted by molar-refractivity contribution is 7.92. The number of benzene rings is 2. The minimum Gasteiger partial charge on any atom is -0.495 e. The van der Waals surface area contributed by atoms with Gasteiger partial charge in [0.15, 0.2) is 0 Å². The quantitative estimate of drug-likeness (QED) is 0.767. The molecule has 2 amide bonds. The molecule has 0 atom stereocenters. The Morgan fingerprint density at radius 3 is 2.43 bits per heavy atom. The van der Waals surface area contributed by atoms with Crippen LogP contribution >= 0.6 is 0 Å². The average Bonchev–Trinajstić information content (AvgIpc) is 3.13. The van der Waals surface area contributed by atoms with Gasteiger partial charge in [-0.25, -0.2) is 8.42 Å². The Morgan fingerprint density at radius 2 is 1.86 bits per heavy atom. The SMILES string of the molecule is CNC(=O)c1ccc(OC)c(NS(=O)(=O)c2ccc(N3CCCC3=O)cc2)c1. The maximum absolute atomic E-state index is 12.8. The largest absolute Gasteiger partial charge is 0.495 e. The first-order chi connectivity index (χ1) is 13.4. The molecule has 0 aliphatic carbocycles. The lowest BCUT2D eigenvalue weighted by Crippen LogP contribution is -2.23. The molecule has 0 spiro atoms. The minimum atomic E-state index is -3.91. The van der Waals surface area contributed by atoms with Crippen molar-refractivity contribution in [2.24, 2.45) is 0 Å². The summed E-state index contributed by atoms with van der Waals surface area (Å²) in [5, 5.41) is 2.49. The van der Waals surface area contributed by atoms with Crippen molar-refractivity contribution in [2.45, 2.75) is 17.7 Å². The van der Waals surface area contributed by atoms with Gasteiger partial charge in [0, 0.05) is 31.3 Å². The number of carbonyl (C=O) groups excluding carboxylic acids is 2. The summed E-state index contributed by atoms with van der Waals surface area (Å²) in [5.41, 5.74) is 1.12. The Balaban J connectivity index is 1.87. The Morgan fingerprint density at radius 1 is 1.14 bits per heavy atom. The molecule has 148 valence electrons. The lowest BCUT2D eigenvalue weighted by atomic mass is 10.2. The molecule has 1 saturated heterocycles. The van der Waals surface area contributed by atoms with E-state index in [1.54, 1.807) is 17.0 Å². The molecule has 2 aromatic carbocycles. The van der Waals surface area contributed by atoms with Crippen LogP contribution in [-0.4, -0.2) is 40.9 Å². The lowest BCUT2D eigenvalue weighted by molar-refractivity contribution is -0.117. The van der Waals surface area contributed by atoms with E-state index >= 15 is 0 Å². The van der Waals surface area contributed by atoms with Crippen LogP contribution in [-0.2, 0) is 14.8 Å². The third kappa shape index (κ3) is 3.94. The number of carbonyl (C=O) groups is 2. The van der Waals surface area contributed by atoms with Crippen LogP contribution in [0.15, 0.2) is 47.4 Å². The summed E-state index contributed by atoms with van der Waals surface area (Å²) in [6.45, 7) is 0.632. The summed E-state index contributed by atoms with van der Waals surface area (Å²) < 4.78 is 33.2. The summed E-state index contributed by atoms with van der Waals surface area (Å²) in [6.07, 6.45) is 1.30. The summed E-state index contributed by atoms with van der Waals surface area (Å²) in [6, 6.07) is 10.6. The summed E-state index contributed by atoms with van der Waals surface area (Å²) in [7, 11) is -1.01. The molecule has 0 aromatic heterocycles. The van der Waals surface area contributed by atoms with Crippen molar-refractivity contribution < 1.29 is 22.7 Å². The smallest absolute Gasteiger partial charge is 0.262 e. The number of hydrogen-bond donors (Lipinski definition) is 2. The second kappa shape index (κ2) is 7.89. The van der Waals surface area contributed by atoms with E-state index < -0.39 is 10.0 Å². The van der Waals surface area contributed by atoms with Crippen molar-refractivity contribution >= 4 is 33.2 Å². The van der Waals surface area contributed by atoms with Gasteiger partial charge in [-0.15, -0.1) is 0 Å². The van der Waals surface area contributed by atoms with Gasteiger partial charge in [0.25, 0.3) is 15.9 Å². The zero-order chi connectivity index (χ0) is 20.3. The number of hydrogen-bond acceptors (Lipinski definition) is 5. The molecule has 1 aliphatic heterocycles. The third-order valence-corrected chi connectivity index (χ3v) is 5.85. The highest BCUT2D eigenvalue weighted by Gasteiger charge is 2.23. The molecule has 1 aliphatic rings. The number of ether oxygens (including phenoxy) is 1. The van der Waals surface area contributed by atoms with E-state index in [1.165, 1.54) is 44.5 Å². The number of anilines is 2. The van der Waals surface area contributed by atoms with E-state index in [-0.39, 0.29) is 28.1 Å². The van der Waals surface area contributed by atoms with Gasteiger partial charge in [-0.1, -0.05) is 0 Å². The van der Waals surface area contributed by atoms with Crippen molar-refractivity contribution in [3.8, 4) is 5.75 Å². The van der Waals surface area contributed by atoms with Crippen LogP contribution in [0.2, 0.25) is 0 Å². The Bertz CT molecular complexity index is 1000. The molecular formula is C19H21N3O5S. The number of sulfonamides is 1. The summed E-state index contributed by atoms with van der Waals surface area (Å²) in [4.78, 5) is 25.3. The zero-order valence-corrected chi connectivity index (χ0v) is 16.4. The van der Waals surface area contributed by atoms with Crippen LogP contribution in [0.5, 0.6) is 5.75 Å². The molecule has 8 nitrogen and oxygen atoms in total. The van der Waals surface area contributed by atoms with E-state index in [0.717, 1.165) is 6.42 Å². The van der Waals surface area contributed by atoms with Crippen LogP contribution in [0.4, 0.5) is 11.4 Å². The fourth-order valence-electron chi connectivity index (χ4n) is 3.00. The molecule has 1 heterocycles. The monoisotopic (exact) mass is 403 g/mol. The van der Waals surface area contributed by atoms with E-state index in [9.17, 15) is 18.0 Å². The number of nitrogens with zero attached hydrogens (tertiary/aromatic N) is 1. The van der Waals surface area contributed by atoms with Gasteiger partial charge in [0.05, 0.1) is 17.7 Å².